The number of allylic oxidation sites excluding steroid dienone is 1. The maximum absolute atomic E-state index is 10.9. The van der Waals surface area contributed by atoms with E-state index in [-0.39, 0.29) is 12.5 Å². The number of nitrogens with one attached hydrogen (secondary N) is 1. The molecule has 0 aromatic rings. The minimum atomic E-state index is -0.464. The minimum absolute atomic E-state index is 0.0747. The molecule has 0 aliphatic rings. The third-order valence-electron chi connectivity index (χ3n) is 1.76. The van der Waals surface area contributed by atoms with Gasteiger partial charge in [0.25, 0.3) is 0 Å². The van der Waals surface area contributed by atoms with E-state index in [4.69, 9.17) is 11.0 Å². The first-order valence-corrected chi connectivity index (χ1v) is 4.68. The van der Waals surface area contributed by atoms with Crippen LogP contribution in [0.5, 0.6) is 0 Å². The van der Waals surface area contributed by atoms with Crippen molar-refractivity contribution in [2.45, 2.75) is 32.7 Å². The summed E-state index contributed by atoms with van der Waals surface area (Å²) in [5.41, 5.74) is 6.24. The molecule has 0 heterocycles. The predicted octanol–water partition coefficient (Wildman–Crippen LogP) is 0.700. The van der Waals surface area contributed by atoms with E-state index in [2.05, 4.69) is 5.32 Å². The van der Waals surface area contributed by atoms with Gasteiger partial charge in [0.2, 0.25) is 5.91 Å². The molecule has 0 spiro atoms. The topological polar surface area (TPSA) is 78.9 Å². The first-order valence-electron chi connectivity index (χ1n) is 4.68. The summed E-state index contributed by atoms with van der Waals surface area (Å²) in [5, 5.41) is 11.3. The lowest BCUT2D eigenvalue weighted by Crippen LogP contribution is -2.38. The van der Waals surface area contributed by atoms with Crippen molar-refractivity contribution < 1.29 is 4.79 Å². The Morgan fingerprint density at radius 3 is 2.79 bits per heavy atom. The normalized spacial score (nSPS) is 13.1. The van der Waals surface area contributed by atoms with Gasteiger partial charge in [0.05, 0.1) is 12.6 Å². The standard InChI is InChI=1S/C10H17N3O/c1-3-4-8(2)5-9(6-11)13-10(14)7-12/h4,9H,3,5,7,12H2,1-2H3,(H,13,14). The highest BCUT2D eigenvalue weighted by molar-refractivity contribution is 5.78. The van der Waals surface area contributed by atoms with E-state index < -0.39 is 6.04 Å². The number of amides is 1. The fourth-order valence-corrected chi connectivity index (χ4v) is 1.14. The Hall–Kier alpha value is -1.34. The van der Waals surface area contributed by atoms with Gasteiger partial charge < -0.3 is 11.1 Å². The highest BCUT2D eigenvalue weighted by Crippen LogP contribution is 2.04. The number of carbonyl (C=O) groups is 1. The molecule has 0 aromatic heterocycles. The number of rotatable bonds is 5. The SMILES string of the molecule is CCC=C(C)CC(C#N)NC(=O)CN. The third-order valence-corrected chi connectivity index (χ3v) is 1.76. The number of nitrogens with zero attached hydrogens (tertiary/aromatic N) is 1. The number of nitrogens with two attached hydrogens (primary N) is 1. The summed E-state index contributed by atoms with van der Waals surface area (Å²) in [4.78, 5) is 10.9. The number of nitriles is 1. The van der Waals surface area contributed by atoms with Gasteiger partial charge in [-0.2, -0.15) is 5.26 Å². The van der Waals surface area contributed by atoms with Crippen molar-refractivity contribution in [3.63, 3.8) is 0 Å². The van der Waals surface area contributed by atoms with E-state index in [0.717, 1.165) is 12.0 Å². The first-order chi connectivity index (χ1) is 6.63. The molecule has 14 heavy (non-hydrogen) atoms. The van der Waals surface area contributed by atoms with Gasteiger partial charge in [-0.3, -0.25) is 4.79 Å². The summed E-state index contributed by atoms with van der Waals surface area (Å²) in [7, 11) is 0. The van der Waals surface area contributed by atoms with Crippen LogP contribution in [0.4, 0.5) is 0 Å². The predicted molar refractivity (Wildman–Crippen MR) is 55.3 cm³/mol. The van der Waals surface area contributed by atoms with Gasteiger partial charge in [0, 0.05) is 6.42 Å². The van der Waals surface area contributed by atoms with E-state index in [1.165, 1.54) is 0 Å². The molecular formula is C10H17N3O. The van der Waals surface area contributed by atoms with Crippen molar-refractivity contribution in [3.8, 4) is 6.07 Å². The van der Waals surface area contributed by atoms with Gasteiger partial charge in [0.15, 0.2) is 0 Å². The summed E-state index contributed by atoms with van der Waals surface area (Å²) in [6.07, 6.45) is 3.55. The van der Waals surface area contributed by atoms with Gasteiger partial charge in [-0.15, -0.1) is 0 Å². The van der Waals surface area contributed by atoms with Crippen molar-refractivity contribution in [2.75, 3.05) is 6.54 Å². The van der Waals surface area contributed by atoms with Crippen LogP contribution in [0.2, 0.25) is 0 Å². The molecule has 0 saturated heterocycles. The van der Waals surface area contributed by atoms with Crippen molar-refractivity contribution in [3.05, 3.63) is 11.6 Å². The van der Waals surface area contributed by atoms with Crippen molar-refractivity contribution >= 4 is 5.91 Å². The van der Waals surface area contributed by atoms with Crippen LogP contribution in [0.15, 0.2) is 11.6 Å². The van der Waals surface area contributed by atoms with Gasteiger partial charge in [-0.05, 0) is 13.3 Å². The average molecular weight is 195 g/mol. The van der Waals surface area contributed by atoms with E-state index in [0.29, 0.717) is 6.42 Å². The van der Waals surface area contributed by atoms with Gasteiger partial charge in [-0.1, -0.05) is 18.6 Å². The zero-order valence-electron chi connectivity index (χ0n) is 8.71. The van der Waals surface area contributed by atoms with Gasteiger partial charge in [-0.25, -0.2) is 0 Å². The smallest absolute Gasteiger partial charge is 0.234 e. The number of hydrogen-bond acceptors (Lipinski definition) is 3. The van der Waals surface area contributed by atoms with Crippen LogP contribution in [-0.4, -0.2) is 18.5 Å². The fourth-order valence-electron chi connectivity index (χ4n) is 1.14. The Morgan fingerprint density at radius 1 is 1.71 bits per heavy atom. The molecule has 78 valence electrons. The lowest BCUT2D eigenvalue weighted by Gasteiger charge is -2.10. The van der Waals surface area contributed by atoms with Crippen LogP contribution < -0.4 is 11.1 Å². The molecule has 0 rings (SSSR count). The molecule has 0 saturated carbocycles. The van der Waals surface area contributed by atoms with E-state index in [1.54, 1.807) is 0 Å². The molecule has 1 amide bonds. The van der Waals surface area contributed by atoms with E-state index in [9.17, 15) is 4.79 Å². The molecule has 1 unspecified atom stereocenters. The molecule has 4 nitrogen and oxygen atoms in total. The Kier molecular flexibility index (Phi) is 6.42. The fraction of sp³-hybridized carbons (Fsp3) is 0.600. The van der Waals surface area contributed by atoms with Crippen LogP contribution >= 0.6 is 0 Å². The second kappa shape index (κ2) is 7.10. The van der Waals surface area contributed by atoms with Crippen LogP contribution in [0.25, 0.3) is 0 Å². The molecule has 0 aliphatic carbocycles. The maximum Gasteiger partial charge on any atom is 0.234 e. The zero-order chi connectivity index (χ0) is 11.0. The monoisotopic (exact) mass is 195 g/mol. The van der Waals surface area contributed by atoms with Crippen molar-refractivity contribution in [1.82, 2.24) is 5.32 Å². The van der Waals surface area contributed by atoms with Crippen LogP contribution in [0.3, 0.4) is 0 Å². The molecule has 0 aromatic carbocycles. The number of carbonyl (C=O) groups excluding carboxylic acids is 1. The zero-order valence-corrected chi connectivity index (χ0v) is 8.71. The van der Waals surface area contributed by atoms with Crippen molar-refractivity contribution in [1.29, 1.82) is 5.26 Å². The lowest BCUT2D eigenvalue weighted by molar-refractivity contribution is -0.120. The summed E-state index contributed by atoms with van der Waals surface area (Å²) in [6.45, 7) is 3.90. The van der Waals surface area contributed by atoms with E-state index in [1.807, 2.05) is 26.0 Å². The molecule has 3 N–H and O–H groups in total. The third kappa shape index (κ3) is 5.33. The molecule has 1 atom stereocenters. The molecule has 0 aliphatic heterocycles. The Bertz CT molecular complexity index is 253. The summed E-state index contributed by atoms with van der Waals surface area (Å²) < 4.78 is 0. The second-order valence-corrected chi connectivity index (χ2v) is 3.12. The maximum atomic E-state index is 10.9. The summed E-state index contributed by atoms with van der Waals surface area (Å²) >= 11 is 0. The number of hydrogen-bond donors (Lipinski definition) is 2. The van der Waals surface area contributed by atoms with Gasteiger partial charge >= 0.3 is 0 Å². The molecular weight excluding hydrogens is 178 g/mol. The largest absolute Gasteiger partial charge is 0.339 e. The van der Waals surface area contributed by atoms with Gasteiger partial charge in [0.1, 0.15) is 6.04 Å². The Labute approximate surface area is 84.8 Å². The van der Waals surface area contributed by atoms with E-state index >= 15 is 0 Å². The van der Waals surface area contributed by atoms with Crippen LogP contribution in [-0.2, 0) is 4.79 Å². The van der Waals surface area contributed by atoms with Crippen LogP contribution in [0.1, 0.15) is 26.7 Å². The van der Waals surface area contributed by atoms with Crippen LogP contribution in [0, 0.1) is 11.3 Å². The minimum Gasteiger partial charge on any atom is -0.339 e. The highest BCUT2D eigenvalue weighted by atomic mass is 16.1. The Balaban J connectivity index is 4.11. The first kappa shape index (κ1) is 12.7. The molecule has 0 bridgehead atoms. The quantitative estimate of drug-likeness (QED) is 0.634. The Morgan fingerprint density at radius 2 is 2.36 bits per heavy atom. The average Bonchev–Trinajstić information content (AvgIpc) is 2.16. The highest BCUT2D eigenvalue weighted by Gasteiger charge is 2.09. The molecule has 0 radical (unpaired) electrons. The molecule has 4 heteroatoms. The summed E-state index contributed by atoms with van der Waals surface area (Å²) in [5.74, 6) is -0.291. The second-order valence-electron chi connectivity index (χ2n) is 3.12. The lowest BCUT2D eigenvalue weighted by atomic mass is 10.1. The van der Waals surface area contributed by atoms with Crippen molar-refractivity contribution in [2.24, 2.45) is 5.73 Å². The molecule has 0 fully saturated rings. The summed E-state index contributed by atoms with van der Waals surface area (Å²) in [6, 6.07) is 1.56.